The molecule has 0 atom stereocenters. The molecule has 1 aromatic carbocycles. The molecule has 0 aliphatic heterocycles. The van der Waals surface area contributed by atoms with Gasteiger partial charge in [0.15, 0.2) is 0 Å². The Morgan fingerprint density at radius 3 is 2.80 bits per heavy atom. The highest BCUT2D eigenvalue weighted by molar-refractivity contribution is 7.89. The lowest BCUT2D eigenvalue weighted by Gasteiger charge is -2.11. The molecule has 20 heavy (non-hydrogen) atoms. The van der Waals surface area contributed by atoms with E-state index in [1.807, 2.05) is 0 Å². The molecule has 0 spiro atoms. The quantitative estimate of drug-likeness (QED) is 0.820. The summed E-state index contributed by atoms with van der Waals surface area (Å²) in [4.78, 5) is 0.199. The number of hydrogen-bond acceptors (Lipinski definition) is 4. The highest BCUT2D eigenvalue weighted by Gasteiger charge is 2.17. The van der Waals surface area contributed by atoms with Crippen LogP contribution in [0.3, 0.4) is 0 Å². The first-order valence-corrected chi connectivity index (χ1v) is 7.69. The minimum atomic E-state index is -3.58. The molecule has 0 aliphatic rings. The molecule has 0 aliphatic carbocycles. The van der Waals surface area contributed by atoms with Crippen LogP contribution in [0.15, 0.2) is 41.6 Å². The molecule has 0 fully saturated rings. The molecular weight excluding hydrogens is 278 g/mol. The van der Waals surface area contributed by atoms with Gasteiger partial charge < -0.3 is 5.11 Å². The molecule has 1 aromatic heterocycles. The van der Waals surface area contributed by atoms with Crippen LogP contribution in [0.2, 0.25) is 0 Å². The van der Waals surface area contributed by atoms with Gasteiger partial charge in [-0.1, -0.05) is 12.1 Å². The van der Waals surface area contributed by atoms with Gasteiger partial charge in [0.05, 0.1) is 18.0 Å². The second-order valence-corrected chi connectivity index (χ2v) is 6.10. The summed E-state index contributed by atoms with van der Waals surface area (Å²) in [6.45, 7) is 2.23. The lowest BCUT2D eigenvalue weighted by molar-refractivity contribution is 0.280. The third-order valence-corrected chi connectivity index (χ3v) is 4.65. The van der Waals surface area contributed by atoms with E-state index in [4.69, 9.17) is 0 Å². The van der Waals surface area contributed by atoms with Crippen LogP contribution in [0.5, 0.6) is 0 Å². The number of nitrogens with one attached hydrogen (secondary N) is 1. The Hall–Kier alpha value is -1.70. The van der Waals surface area contributed by atoms with Gasteiger partial charge in [-0.05, 0) is 30.2 Å². The van der Waals surface area contributed by atoms with Gasteiger partial charge in [0.2, 0.25) is 10.0 Å². The first kappa shape index (κ1) is 14.7. The smallest absolute Gasteiger partial charge is 0.240 e. The van der Waals surface area contributed by atoms with Crippen molar-refractivity contribution in [2.24, 2.45) is 0 Å². The van der Waals surface area contributed by atoms with Crippen molar-refractivity contribution in [3.63, 3.8) is 0 Å². The Bertz CT molecular complexity index is 666. The SMILES string of the molecule is Cc1c(CO)cccc1S(=O)(=O)NCCn1cccn1. The third-order valence-electron chi connectivity index (χ3n) is 3.05. The minimum absolute atomic E-state index is 0.178. The predicted molar refractivity (Wildman–Crippen MR) is 74.5 cm³/mol. The van der Waals surface area contributed by atoms with E-state index in [1.54, 1.807) is 42.2 Å². The fraction of sp³-hybridized carbons (Fsp3) is 0.308. The molecule has 0 amide bonds. The summed E-state index contributed by atoms with van der Waals surface area (Å²) in [5.74, 6) is 0. The number of aliphatic hydroxyl groups is 1. The second-order valence-electron chi connectivity index (χ2n) is 4.37. The van der Waals surface area contributed by atoms with Gasteiger partial charge in [-0.25, -0.2) is 13.1 Å². The zero-order chi connectivity index (χ0) is 14.6. The average Bonchev–Trinajstić information content (AvgIpc) is 2.91. The molecule has 2 rings (SSSR count). The molecule has 7 heteroatoms. The number of benzene rings is 1. The van der Waals surface area contributed by atoms with Crippen molar-refractivity contribution in [2.75, 3.05) is 6.54 Å². The van der Waals surface area contributed by atoms with Crippen LogP contribution in [0, 0.1) is 6.92 Å². The topological polar surface area (TPSA) is 84.2 Å². The summed E-state index contributed by atoms with van der Waals surface area (Å²) in [6.07, 6.45) is 3.41. The van der Waals surface area contributed by atoms with Gasteiger partial charge in [-0.2, -0.15) is 5.10 Å². The van der Waals surface area contributed by atoms with E-state index >= 15 is 0 Å². The normalized spacial score (nSPS) is 11.7. The van der Waals surface area contributed by atoms with Crippen molar-refractivity contribution in [3.05, 3.63) is 47.8 Å². The number of rotatable bonds is 6. The van der Waals surface area contributed by atoms with E-state index in [0.29, 0.717) is 17.7 Å². The monoisotopic (exact) mass is 295 g/mol. The maximum Gasteiger partial charge on any atom is 0.240 e. The van der Waals surface area contributed by atoms with Crippen LogP contribution < -0.4 is 4.72 Å². The van der Waals surface area contributed by atoms with Crippen molar-refractivity contribution < 1.29 is 13.5 Å². The molecule has 6 nitrogen and oxygen atoms in total. The number of nitrogens with zero attached hydrogens (tertiary/aromatic N) is 2. The lowest BCUT2D eigenvalue weighted by Crippen LogP contribution is -2.28. The standard InChI is InChI=1S/C13H17N3O3S/c1-11-12(10-17)4-2-5-13(11)20(18,19)15-7-9-16-8-3-6-14-16/h2-6,8,15,17H,7,9-10H2,1H3. The van der Waals surface area contributed by atoms with E-state index in [0.717, 1.165) is 0 Å². The van der Waals surface area contributed by atoms with Gasteiger partial charge in [-0.15, -0.1) is 0 Å². The van der Waals surface area contributed by atoms with Crippen LogP contribution in [0.4, 0.5) is 0 Å². The van der Waals surface area contributed by atoms with Crippen LogP contribution in [0.25, 0.3) is 0 Å². The first-order valence-electron chi connectivity index (χ1n) is 6.21. The molecule has 0 saturated heterocycles. The summed E-state index contributed by atoms with van der Waals surface area (Å²) in [7, 11) is -3.58. The Morgan fingerprint density at radius 2 is 2.15 bits per heavy atom. The molecule has 0 radical (unpaired) electrons. The maximum atomic E-state index is 12.2. The number of sulfonamides is 1. The lowest BCUT2D eigenvalue weighted by atomic mass is 10.1. The van der Waals surface area contributed by atoms with E-state index in [1.165, 1.54) is 6.07 Å². The molecule has 2 N–H and O–H groups in total. The van der Waals surface area contributed by atoms with Crippen molar-refractivity contribution >= 4 is 10.0 Å². The van der Waals surface area contributed by atoms with Gasteiger partial charge in [-0.3, -0.25) is 4.68 Å². The summed E-state index contributed by atoms with van der Waals surface area (Å²) in [6, 6.07) is 6.65. The van der Waals surface area contributed by atoms with Crippen molar-refractivity contribution in [1.29, 1.82) is 0 Å². The maximum absolute atomic E-state index is 12.2. The average molecular weight is 295 g/mol. The molecule has 108 valence electrons. The van der Waals surface area contributed by atoms with Crippen LogP contribution >= 0.6 is 0 Å². The highest BCUT2D eigenvalue weighted by atomic mass is 32.2. The highest BCUT2D eigenvalue weighted by Crippen LogP contribution is 2.18. The molecule has 1 heterocycles. The first-order chi connectivity index (χ1) is 9.54. The predicted octanol–water partition coefficient (Wildman–Crippen LogP) is 0.662. The second kappa shape index (κ2) is 6.17. The van der Waals surface area contributed by atoms with Crippen molar-refractivity contribution in [3.8, 4) is 0 Å². The summed E-state index contributed by atoms with van der Waals surface area (Å²) in [5.41, 5.74) is 1.18. The largest absolute Gasteiger partial charge is 0.392 e. The Labute approximate surface area is 118 Å². The fourth-order valence-corrected chi connectivity index (χ4v) is 3.23. The van der Waals surface area contributed by atoms with Crippen molar-refractivity contribution in [2.45, 2.75) is 25.0 Å². The number of hydrogen-bond donors (Lipinski definition) is 2. The van der Waals surface area contributed by atoms with E-state index in [-0.39, 0.29) is 18.0 Å². The van der Waals surface area contributed by atoms with E-state index in [9.17, 15) is 13.5 Å². The zero-order valence-electron chi connectivity index (χ0n) is 11.2. The summed E-state index contributed by atoms with van der Waals surface area (Å²) < 4.78 is 28.6. The Morgan fingerprint density at radius 1 is 1.35 bits per heavy atom. The summed E-state index contributed by atoms with van der Waals surface area (Å²) >= 11 is 0. The van der Waals surface area contributed by atoms with E-state index < -0.39 is 10.0 Å². The van der Waals surface area contributed by atoms with Gasteiger partial charge in [0, 0.05) is 18.9 Å². The number of aromatic nitrogens is 2. The number of aliphatic hydroxyl groups excluding tert-OH is 1. The van der Waals surface area contributed by atoms with Crippen LogP contribution in [-0.2, 0) is 23.2 Å². The van der Waals surface area contributed by atoms with E-state index in [2.05, 4.69) is 9.82 Å². The Balaban J connectivity index is 2.10. The molecule has 0 unspecified atom stereocenters. The third kappa shape index (κ3) is 3.24. The molecule has 0 bridgehead atoms. The minimum Gasteiger partial charge on any atom is -0.392 e. The van der Waals surface area contributed by atoms with Crippen LogP contribution in [0.1, 0.15) is 11.1 Å². The summed E-state index contributed by atoms with van der Waals surface area (Å²) in [5, 5.41) is 13.2. The van der Waals surface area contributed by atoms with Gasteiger partial charge in [0.25, 0.3) is 0 Å². The fourth-order valence-electron chi connectivity index (χ4n) is 1.93. The van der Waals surface area contributed by atoms with Gasteiger partial charge >= 0.3 is 0 Å². The van der Waals surface area contributed by atoms with Crippen LogP contribution in [-0.4, -0.2) is 29.8 Å². The Kier molecular flexibility index (Phi) is 4.53. The molecular formula is C13H17N3O3S. The van der Waals surface area contributed by atoms with Crippen molar-refractivity contribution in [1.82, 2.24) is 14.5 Å². The van der Waals surface area contributed by atoms with Gasteiger partial charge in [0.1, 0.15) is 0 Å². The molecule has 0 saturated carbocycles. The zero-order valence-corrected chi connectivity index (χ0v) is 12.0. The molecule has 2 aromatic rings.